The molecule has 0 aromatic heterocycles. The van der Waals surface area contributed by atoms with Crippen LogP contribution in [-0.2, 0) is 2.90 Å². The number of rotatable bonds is 6. The molecule has 0 fully saturated rings. The van der Waals surface area contributed by atoms with Crippen molar-refractivity contribution in [2.24, 2.45) is 0 Å². The Morgan fingerprint density at radius 1 is 0.632 bits per heavy atom. The Morgan fingerprint density at radius 2 is 1.00 bits per heavy atom. The van der Waals surface area contributed by atoms with Crippen LogP contribution in [0.3, 0.4) is 0 Å². The average Bonchev–Trinajstić information content (AvgIpc) is 2.49. The monoisotopic (exact) mass is 390 g/mol. The van der Waals surface area contributed by atoms with Crippen LogP contribution in [0.5, 0.6) is 11.5 Å². The third-order valence-electron chi connectivity index (χ3n) is 2.38. The maximum absolute atomic E-state index is 5.80. The van der Waals surface area contributed by atoms with Gasteiger partial charge in [0.2, 0.25) is 0 Å². The van der Waals surface area contributed by atoms with Crippen molar-refractivity contribution in [1.29, 1.82) is 0 Å². The molecule has 0 radical (unpaired) electrons. The number of methoxy groups -OCH3 is 2. The van der Waals surface area contributed by atoms with Crippen LogP contribution >= 0.6 is 0 Å². The van der Waals surface area contributed by atoms with Gasteiger partial charge in [-0.25, -0.2) is 0 Å². The quantitative estimate of drug-likeness (QED) is 0.689. The molecule has 3 nitrogen and oxygen atoms in total. The molecule has 100 valence electrons. The molecule has 5 heteroatoms. The zero-order valence-electron chi connectivity index (χ0n) is 10.7. The molecule has 0 unspecified atom stereocenters. The molecule has 0 atom stereocenters. The number of benzene rings is 2. The summed E-state index contributed by atoms with van der Waals surface area (Å²) in [5.41, 5.74) is 0. The first-order valence-corrected chi connectivity index (χ1v) is 8.72. The van der Waals surface area contributed by atoms with Gasteiger partial charge in [0, 0.05) is 0 Å². The second-order valence-electron chi connectivity index (χ2n) is 3.59. The fourth-order valence-corrected chi connectivity index (χ4v) is 4.88. The summed E-state index contributed by atoms with van der Waals surface area (Å²) in [5.74, 6) is 1.75. The Balaban J connectivity index is 1.81. The van der Waals surface area contributed by atoms with Gasteiger partial charge >= 0.3 is 126 Å². The molecule has 0 amide bonds. The molecule has 0 spiro atoms. The molecule has 2 aromatic rings. The van der Waals surface area contributed by atoms with E-state index in [1.54, 1.807) is 14.2 Å². The van der Waals surface area contributed by atoms with Gasteiger partial charge in [-0.15, -0.1) is 0 Å². The van der Waals surface area contributed by atoms with Crippen LogP contribution in [0.25, 0.3) is 0 Å². The molecular formula is C14H14O3Se2. The third-order valence-corrected chi connectivity index (χ3v) is 6.10. The summed E-state index contributed by atoms with van der Waals surface area (Å²) < 4.78 is 18.5. The van der Waals surface area contributed by atoms with Gasteiger partial charge in [0.15, 0.2) is 0 Å². The van der Waals surface area contributed by atoms with Crippen molar-refractivity contribution >= 4 is 39.5 Å². The van der Waals surface area contributed by atoms with E-state index in [0.29, 0.717) is 0 Å². The molecule has 0 N–H and O–H groups in total. The van der Waals surface area contributed by atoms with Crippen molar-refractivity contribution in [3.8, 4) is 11.5 Å². The summed E-state index contributed by atoms with van der Waals surface area (Å²) in [5, 5.41) is 0. The fourth-order valence-electron chi connectivity index (χ4n) is 1.36. The van der Waals surface area contributed by atoms with Crippen molar-refractivity contribution < 1.29 is 12.4 Å². The van der Waals surface area contributed by atoms with E-state index in [-0.39, 0.29) is 30.6 Å². The van der Waals surface area contributed by atoms with E-state index in [1.807, 2.05) is 48.5 Å². The topological polar surface area (TPSA) is 27.7 Å². The first kappa shape index (κ1) is 14.4. The van der Waals surface area contributed by atoms with Crippen molar-refractivity contribution in [2.45, 2.75) is 0 Å². The van der Waals surface area contributed by atoms with Crippen molar-refractivity contribution in [3.63, 3.8) is 0 Å². The molecule has 0 saturated heterocycles. The third kappa shape index (κ3) is 4.57. The Kier molecular flexibility index (Phi) is 5.77. The second-order valence-corrected chi connectivity index (χ2v) is 8.03. The van der Waals surface area contributed by atoms with Crippen LogP contribution in [0.2, 0.25) is 0 Å². The van der Waals surface area contributed by atoms with Gasteiger partial charge in [-0.2, -0.15) is 0 Å². The van der Waals surface area contributed by atoms with Crippen LogP contribution in [0, 0.1) is 0 Å². The molecule has 2 rings (SSSR count). The normalized spacial score (nSPS) is 10.2. The molecular weight excluding hydrogens is 374 g/mol. The summed E-state index contributed by atoms with van der Waals surface area (Å²) in [4.78, 5) is 0. The molecule has 0 aliphatic heterocycles. The Morgan fingerprint density at radius 3 is 1.32 bits per heavy atom. The van der Waals surface area contributed by atoms with E-state index in [1.165, 1.54) is 8.92 Å². The van der Waals surface area contributed by atoms with E-state index < -0.39 is 0 Å². The van der Waals surface area contributed by atoms with Crippen LogP contribution in [0.4, 0.5) is 0 Å². The number of hydrogen-bond donors (Lipinski definition) is 0. The summed E-state index contributed by atoms with van der Waals surface area (Å²) >= 11 is 0.0956. The van der Waals surface area contributed by atoms with E-state index in [9.17, 15) is 0 Å². The zero-order chi connectivity index (χ0) is 13.5. The van der Waals surface area contributed by atoms with Gasteiger partial charge in [-0.05, 0) is 0 Å². The number of hydrogen-bond acceptors (Lipinski definition) is 3. The van der Waals surface area contributed by atoms with Gasteiger partial charge in [0.1, 0.15) is 0 Å². The van der Waals surface area contributed by atoms with Crippen molar-refractivity contribution in [1.82, 2.24) is 0 Å². The van der Waals surface area contributed by atoms with Crippen LogP contribution in [0.15, 0.2) is 48.5 Å². The van der Waals surface area contributed by atoms with Crippen molar-refractivity contribution in [2.75, 3.05) is 14.2 Å². The average molecular weight is 388 g/mol. The van der Waals surface area contributed by atoms with E-state index in [2.05, 4.69) is 0 Å². The molecule has 19 heavy (non-hydrogen) atoms. The molecule has 2 aromatic carbocycles. The van der Waals surface area contributed by atoms with Gasteiger partial charge in [-0.1, -0.05) is 0 Å². The minimum atomic E-state index is 0.0478. The predicted octanol–water partition coefficient (Wildman–Crippen LogP) is 0.910. The SMILES string of the molecule is COc1ccc([Se]O[Se]c2ccc(OC)cc2)cc1. The first-order chi connectivity index (χ1) is 9.31. The van der Waals surface area contributed by atoms with E-state index >= 15 is 0 Å². The zero-order valence-corrected chi connectivity index (χ0v) is 14.1. The van der Waals surface area contributed by atoms with E-state index in [4.69, 9.17) is 12.4 Å². The molecule has 0 heterocycles. The van der Waals surface area contributed by atoms with E-state index in [0.717, 1.165) is 11.5 Å². The van der Waals surface area contributed by atoms with Gasteiger partial charge in [-0.3, -0.25) is 0 Å². The number of ether oxygens (including phenoxy) is 2. The van der Waals surface area contributed by atoms with Crippen molar-refractivity contribution in [3.05, 3.63) is 48.5 Å². The summed E-state index contributed by atoms with van der Waals surface area (Å²) in [6, 6.07) is 16.0. The second kappa shape index (κ2) is 7.59. The maximum atomic E-state index is 5.80. The molecule has 0 aliphatic carbocycles. The van der Waals surface area contributed by atoms with Crippen LogP contribution in [0.1, 0.15) is 0 Å². The predicted molar refractivity (Wildman–Crippen MR) is 77.8 cm³/mol. The first-order valence-electron chi connectivity index (χ1n) is 5.61. The molecule has 0 aliphatic rings. The Hall–Kier alpha value is -0.961. The van der Waals surface area contributed by atoms with Gasteiger partial charge < -0.3 is 0 Å². The Bertz CT molecular complexity index is 450. The Labute approximate surface area is 126 Å². The minimum absolute atomic E-state index is 0.0478. The van der Waals surface area contributed by atoms with Gasteiger partial charge in [0.05, 0.1) is 0 Å². The standard InChI is InChI=1S/C14H14O3Se2/c1-15-11-3-7-13(8-4-11)18-17-19-14-9-5-12(16-2)6-10-14/h3-10H,1-2H3. The summed E-state index contributed by atoms with van der Waals surface area (Å²) in [7, 11) is 3.34. The van der Waals surface area contributed by atoms with Crippen LogP contribution in [-0.4, -0.2) is 44.8 Å². The van der Waals surface area contributed by atoms with Gasteiger partial charge in [0.25, 0.3) is 0 Å². The van der Waals surface area contributed by atoms with Crippen LogP contribution < -0.4 is 18.4 Å². The molecule has 0 saturated carbocycles. The summed E-state index contributed by atoms with van der Waals surface area (Å²) in [6.45, 7) is 0. The summed E-state index contributed by atoms with van der Waals surface area (Å²) in [6.07, 6.45) is 0. The molecule has 0 bridgehead atoms. The fraction of sp³-hybridized carbons (Fsp3) is 0.143.